The topological polar surface area (TPSA) is 96.5 Å². The molecule has 1 aromatic rings. The Morgan fingerprint density at radius 1 is 1.05 bits per heavy atom. The van der Waals surface area contributed by atoms with E-state index in [0.717, 1.165) is 0 Å². The molecule has 7 heteroatoms. The summed E-state index contributed by atoms with van der Waals surface area (Å²) in [5, 5.41) is 2.65. The zero-order valence-corrected chi connectivity index (χ0v) is 13.1. The molecule has 0 saturated carbocycles. The largest absolute Gasteiger partial charge is 0.497 e. The van der Waals surface area contributed by atoms with Crippen LogP contribution < -0.4 is 20.9 Å². The second-order valence-electron chi connectivity index (χ2n) is 5.09. The fourth-order valence-electron chi connectivity index (χ4n) is 1.73. The van der Waals surface area contributed by atoms with Gasteiger partial charge in [0.1, 0.15) is 11.8 Å². The van der Waals surface area contributed by atoms with Crippen LogP contribution >= 0.6 is 0 Å². The highest BCUT2D eigenvalue weighted by Crippen LogP contribution is 2.12. The highest BCUT2D eigenvalue weighted by Gasteiger charge is 2.24. The van der Waals surface area contributed by atoms with E-state index in [1.165, 1.54) is 14.0 Å². The van der Waals surface area contributed by atoms with Crippen LogP contribution in [0.3, 0.4) is 0 Å². The fourth-order valence-corrected chi connectivity index (χ4v) is 1.73. The van der Waals surface area contributed by atoms with E-state index in [0.29, 0.717) is 11.3 Å². The van der Waals surface area contributed by atoms with Crippen molar-refractivity contribution in [3.63, 3.8) is 0 Å². The van der Waals surface area contributed by atoms with Gasteiger partial charge in [0.25, 0.3) is 11.8 Å². The van der Waals surface area contributed by atoms with E-state index in [4.69, 9.17) is 4.74 Å². The number of hydrogen-bond donors (Lipinski definition) is 3. The Morgan fingerprint density at radius 3 is 2.09 bits per heavy atom. The molecule has 0 saturated heterocycles. The Balaban J connectivity index is 2.74. The number of methoxy groups -OCH3 is 1. The minimum Gasteiger partial charge on any atom is -0.497 e. The molecule has 0 heterocycles. The second kappa shape index (κ2) is 8.02. The van der Waals surface area contributed by atoms with Crippen molar-refractivity contribution in [1.29, 1.82) is 0 Å². The van der Waals surface area contributed by atoms with Gasteiger partial charge in [-0.25, -0.2) is 0 Å². The van der Waals surface area contributed by atoms with E-state index in [-0.39, 0.29) is 11.8 Å². The molecule has 1 unspecified atom stereocenters. The molecule has 1 rings (SSSR count). The third kappa shape index (κ3) is 5.08. The predicted octanol–water partition coefficient (Wildman–Crippen LogP) is 0.617. The number of amides is 3. The van der Waals surface area contributed by atoms with E-state index in [1.807, 2.05) is 0 Å². The van der Waals surface area contributed by atoms with E-state index in [2.05, 4.69) is 16.2 Å². The third-order valence-corrected chi connectivity index (χ3v) is 2.95. The molecule has 3 N–H and O–H groups in total. The number of carbonyl (C=O) groups is 3. The summed E-state index contributed by atoms with van der Waals surface area (Å²) in [6, 6.07) is 5.78. The minimum atomic E-state index is -0.763. The van der Waals surface area contributed by atoms with Crippen LogP contribution in [-0.2, 0) is 9.59 Å². The van der Waals surface area contributed by atoms with Gasteiger partial charge in [-0.2, -0.15) is 0 Å². The van der Waals surface area contributed by atoms with Crippen molar-refractivity contribution in [2.24, 2.45) is 5.92 Å². The van der Waals surface area contributed by atoms with E-state index >= 15 is 0 Å². The van der Waals surface area contributed by atoms with Crippen molar-refractivity contribution in [2.75, 3.05) is 7.11 Å². The Kier molecular flexibility index (Phi) is 6.37. The molecule has 0 spiro atoms. The van der Waals surface area contributed by atoms with Crippen molar-refractivity contribution < 1.29 is 19.1 Å². The Bertz CT molecular complexity index is 540. The molecule has 3 amide bonds. The lowest BCUT2D eigenvalue weighted by Gasteiger charge is -2.21. The van der Waals surface area contributed by atoms with Crippen LogP contribution in [-0.4, -0.2) is 30.9 Å². The van der Waals surface area contributed by atoms with Gasteiger partial charge in [-0.1, -0.05) is 13.8 Å². The van der Waals surface area contributed by atoms with Crippen molar-refractivity contribution >= 4 is 17.7 Å². The van der Waals surface area contributed by atoms with Crippen LogP contribution in [0.1, 0.15) is 31.1 Å². The van der Waals surface area contributed by atoms with Gasteiger partial charge in [0.05, 0.1) is 7.11 Å². The maximum absolute atomic E-state index is 12.2. The molecule has 0 bridgehead atoms. The van der Waals surface area contributed by atoms with Gasteiger partial charge in [0.15, 0.2) is 0 Å². The van der Waals surface area contributed by atoms with Crippen LogP contribution in [0.15, 0.2) is 24.3 Å². The average Bonchev–Trinajstić information content (AvgIpc) is 2.49. The van der Waals surface area contributed by atoms with Crippen LogP contribution in [0.4, 0.5) is 0 Å². The van der Waals surface area contributed by atoms with Gasteiger partial charge in [-0.3, -0.25) is 25.2 Å². The summed E-state index contributed by atoms with van der Waals surface area (Å²) in [7, 11) is 1.54. The number of benzene rings is 1. The molecule has 0 radical (unpaired) electrons. The number of ether oxygens (including phenoxy) is 1. The molecular weight excluding hydrogens is 286 g/mol. The number of hydrogen-bond acceptors (Lipinski definition) is 4. The monoisotopic (exact) mass is 307 g/mol. The molecule has 120 valence electrons. The first-order valence-electron chi connectivity index (χ1n) is 6.86. The smallest absolute Gasteiger partial charge is 0.261 e. The van der Waals surface area contributed by atoms with Gasteiger partial charge in [0.2, 0.25) is 5.91 Å². The molecule has 22 heavy (non-hydrogen) atoms. The number of hydrazine groups is 1. The SMILES string of the molecule is COc1ccc(C(=O)NC(C(=O)NNC(C)=O)C(C)C)cc1. The molecule has 0 aromatic heterocycles. The first-order chi connectivity index (χ1) is 10.3. The molecule has 1 atom stereocenters. The van der Waals surface area contributed by atoms with Crippen LogP contribution in [0.2, 0.25) is 0 Å². The Labute approximate surface area is 129 Å². The number of nitrogens with one attached hydrogen (secondary N) is 3. The quantitative estimate of drug-likeness (QED) is 0.695. The van der Waals surface area contributed by atoms with E-state index in [9.17, 15) is 14.4 Å². The summed E-state index contributed by atoms with van der Waals surface area (Å²) >= 11 is 0. The van der Waals surface area contributed by atoms with Crippen molar-refractivity contribution in [1.82, 2.24) is 16.2 Å². The summed E-state index contributed by atoms with van der Waals surface area (Å²) in [5.74, 6) is -0.750. The van der Waals surface area contributed by atoms with Crippen LogP contribution in [0.25, 0.3) is 0 Å². The zero-order valence-electron chi connectivity index (χ0n) is 13.1. The molecular formula is C15H21N3O4. The van der Waals surface area contributed by atoms with Crippen molar-refractivity contribution in [2.45, 2.75) is 26.8 Å². The summed E-state index contributed by atoms with van der Waals surface area (Å²) in [6.45, 7) is 4.87. The molecule has 0 fully saturated rings. The molecule has 7 nitrogen and oxygen atoms in total. The maximum Gasteiger partial charge on any atom is 0.261 e. The highest BCUT2D eigenvalue weighted by atomic mass is 16.5. The maximum atomic E-state index is 12.2. The van der Waals surface area contributed by atoms with Crippen molar-refractivity contribution in [3.8, 4) is 5.75 Å². The lowest BCUT2D eigenvalue weighted by atomic mass is 10.0. The summed E-state index contributed by atoms with van der Waals surface area (Å²) in [6.07, 6.45) is 0. The molecule has 0 aliphatic rings. The van der Waals surface area contributed by atoms with Crippen LogP contribution in [0, 0.1) is 5.92 Å². The lowest BCUT2D eigenvalue weighted by molar-refractivity contribution is -0.129. The molecule has 0 aliphatic carbocycles. The summed E-state index contributed by atoms with van der Waals surface area (Å²) < 4.78 is 5.02. The first kappa shape index (κ1) is 17.5. The number of rotatable bonds is 5. The average molecular weight is 307 g/mol. The van der Waals surface area contributed by atoms with Crippen LogP contribution in [0.5, 0.6) is 5.75 Å². The van der Waals surface area contributed by atoms with E-state index in [1.54, 1.807) is 38.1 Å². The number of carbonyl (C=O) groups excluding carboxylic acids is 3. The minimum absolute atomic E-state index is 0.143. The highest BCUT2D eigenvalue weighted by molar-refractivity contribution is 5.97. The molecule has 1 aromatic carbocycles. The zero-order chi connectivity index (χ0) is 16.7. The third-order valence-electron chi connectivity index (χ3n) is 2.95. The second-order valence-corrected chi connectivity index (χ2v) is 5.09. The van der Waals surface area contributed by atoms with Gasteiger partial charge in [0, 0.05) is 12.5 Å². The molecule has 0 aliphatic heterocycles. The normalized spacial score (nSPS) is 11.5. The lowest BCUT2D eigenvalue weighted by Crippen LogP contribution is -2.54. The Morgan fingerprint density at radius 2 is 1.64 bits per heavy atom. The predicted molar refractivity (Wildman–Crippen MR) is 81.0 cm³/mol. The summed E-state index contributed by atoms with van der Waals surface area (Å²) in [4.78, 5) is 35.0. The van der Waals surface area contributed by atoms with Crippen molar-refractivity contribution in [3.05, 3.63) is 29.8 Å². The first-order valence-corrected chi connectivity index (χ1v) is 6.86. The van der Waals surface area contributed by atoms with Gasteiger partial charge in [-0.05, 0) is 30.2 Å². The fraction of sp³-hybridized carbons (Fsp3) is 0.400. The van der Waals surface area contributed by atoms with Gasteiger partial charge in [-0.15, -0.1) is 0 Å². The standard InChI is InChI=1S/C15H21N3O4/c1-9(2)13(15(21)18-17-10(3)19)16-14(20)11-5-7-12(22-4)8-6-11/h5-9,13H,1-4H3,(H,16,20)(H,17,19)(H,18,21). The van der Waals surface area contributed by atoms with E-state index < -0.39 is 17.9 Å². The van der Waals surface area contributed by atoms with Gasteiger partial charge < -0.3 is 10.1 Å². The Hall–Kier alpha value is -2.57. The van der Waals surface area contributed by atoms with Gasteiger partial charge >= 0.3 is 0 Å². The summed E-state index contributed by atoms with van der Waals surface area (Å²) in [5.41, 5.74) is 4.88.